The summed E-state index contributed by atoms with van der Waals surface area (Å²) in [6.07, 6.45) is -4.49. The number of carbonyl (C=O) groups excluding carboxylic acids is 2. The van der Waals surface area contributed by atoms with Crippen LogP contribution in [0.4, 0.5) is 24.5 Å². The zero-order chi connectivity index (χ0) is 20.0. The Hall–Kier alpha value is -2.58. The van der Waals surface area contributed by atoms with E-state index in [0.29, 0.717) is 10.7 Å². The molecule has 5 nitrogen and oxygen atoms in total. The van der Waals surface area contributed by atoms with E-state index in [0.717, 1.165) is 12.1 Å². The summed E-state index contributed by atoms with van der Waals surface area (Å²) in [6, 6.07) is 10.9. The number of nitrogens with zero attached hydrogens (tertiary/aromatic N) is 1. The van der Waals surface area contributed by atoms with Crippen molar-refractivity contribution in [2.24, 2.45) is 0 Å². The molecule has 0 aliphatic rings. The van der Waals surface area contributed by atoms with Crippen LogP contribution in [0.2, 0.25) is 5.02 Å². The molecule has 0 aromatic heterocycles. The second kappa shape index (κ2) is 8.88. The first-order chi connectivity index (χ1) is 12.6. The van der Waals surface area contributed by atoms with Crippen molar-refractivity contribution in [3.05, 3.63) is 59.1 Å². The van der Waals surface area contributed by atoms with E-state index in [-0.39, 0.29) is 24.7 Å². The van der Waals surface area contributed by atoms with Gasteiger partial charge in [-0.05, 0) is 49.5 Å². The minimum Gasteiger partial charge on any atom is -0.325 e. The van der Waals surface area contributed by atoms with Gasteiger partial charge in [-0.1, -0.05) is 17.7 Å². The van der Waals surface area contributed by atoms with Gasteiger partial charge in [0.05, 0.1) is 18.7 Å². The number of amides is 2. The van der Waals surface area contributed by atoms with Gasteiger partial charge in [-0.25, -0.2) is 0 Å². The second-order valence-corrected chi connectivity index (χ2v) is 6.29. The van der Waals surface area contributed by atoms with E-state index in [1.807, 2.05) is 0 Å². The molecule has 0 bridgehead atoms. The van der Waals surface area contributed by atoms with Crippen LogP contribution in [0.1, 0.15) is 5.56 Å². The summed E-state index contributed by atoms with van der Waals surface area (Å²) in [4.78, 5) is 25.4. The van der Waals surface area contributed by atoms with Gasteiger partial charge in [0.1, 0.15) is 0 Å². The molecule has 0 aliphatic carbocycles. The largest absolute Gasteiger partial charge is 0.416 e. The summed E-state index contributed by atoms with van der Waals surface area (Å²) in [5.41, 5.74) is -0.254. The Morgan fingerprint density at radius 1 is 0.963 bits per heavy atom. The van der Waals surface area contributed by atoms with E-state index in [2.05, 4.69) is 10.6 Å². The topological polar surface area (TPSA) is 61.4 Å². The van der Waals surface area contributed by atoms with E-state index in [9.17, 15) is 22.8 Å². The highest BCUT2D eigenvalue weighted by Gasteiger charge is 2.30. The van der Waals surface area contributed by atoms with Crippen molar-refractivity contribution in [3.8, 4) is 0 Å². The van der Waals surface area contributed by atoms with Crippen LogP contribution in [-0.2, 0) is 15.8 Å². The van der Waals surface area contributed by atoms with Crippen LogP contribution in [0.15, 0.2) is 48.5 Å². The van der Waals surface area contributed by atoms with Gasteiger partial charge in [-0.15, -0.1) is 0 Å². The van der Waals surface area contributed by atoms with Gasteiger partial charge in [-0.2, -0.15) is 13.2 Å². The number of hydrogen-bond acceptors (Lipinski definition) is 3. The maximum atomic E-state index is 12.7. The number of hydrogen-bond donors (Lipinski definition) is 2. The van der Waals surface area contributed by atoms with Gasteiger partial charge in [0.2, 0.25) is 11.8 Å². The highest BCUT2D eigenvalue weighted by Crippen LogP contribution is 2.30. The number of carbonyl (C=O) groups is 2. The Kier molecular flexibility index (Phi) is 6.81. The summed E-state index contributed by atoms with van der Waals surface area (Å²) in [6.45, 7) is -0.233. The van der Waals surface area contributed by atoms with E-state index in [1.165, 1.54) is 17.0 Å². The molecule has 0 radical (unpaired) electrons. The molecule has 2 aromatic rings. The van der Waals surface area contributed by atoms with Crippen molar-refractivity contribution in [2.75, 3.05) is 30.8 Å². The molecular formula is C18H17ClF3N3O2. The maximum Gasteiger partial charge on any atom is 0.416 e. The Labute approximate surface area is 159 Å². The summed E-state index contributed by atoms with van der Waals surface area (Å²) in [7, 11) is 1.55. The molecule has 0 spiro atoms. The normalized spacial score (nSPS) is 11.3. The molecule has 0 heterocycles. The number of likely N-dealkylation sites (N-methyl/N-ethyl adjacent to an activating group) is 1. The summed E-state index contributed by atoms with van der Waals surface area (Å²) < 4.78 is 38.1. The molecule has 2 aromatic carbocycles. The quantitative estimate of drug-likeness (QED) is 0.775. The molecule has 0 saturated carbocycles. The number of alkyl halides is 3. The Balaban J connectivity index is 1.84. The lowest BCUT2D eigenvalue weighted by atomic mass is 10.2. The third-order valence-electron chi connectivity index (χ3n) is 3.43. The molecule has 9 heteroatoms. The minimum absolute atomic E-state index is 0.0360. The Morgan fingerprint density at radius 2 is 1.52 bits per heavy atom. The molecule has 27 heavy (non-hydrogen) atoms. The van der Waals surface area contributed by atoms with E-state index >= 15 is 0 Å². The smallest absolute Gasteiger partial charge is 0.325 e. The van der Waals surface area contributed by atoms with Gasteiger partial charge in [0.15, 0.2) is 0 Å². The molecule has 0 atom stereocenters. The Bertz CT molecular complexity index is 810. The third kappa shape index (κ3) is 6.92. The zero-order valence-corrected chi connectivity index (χ0v) is 15.1. The van der Waals surface area contributed by atoms with Gasteiger partial charge in [0, 0.05) is 16.4 Å². The molecule has 2 N–H and O–H groups in total. The average Bonchev–Trinajstić information content (AvgIpc) is 2.56. The summed E-state index contributed by atoms with van der Waals surface area (Å²) in [5, 5.41) is 5.58. The van der Waals surface area contributed by atoms with Gasteiger partial charge in [0.25, 0.3) is 0 Å². The molecule has 144 valence electrons. The number of nitrogens with one attached hydrogen (secondary N) is 2. The van der Waals surface area contributed by atoms with Gasteiger partial charge >= 0.3 is 6.18 Å². The van der Waals surface area contributed by atoms with Crippen molar-refractivity contribution in [1.29, 1.82) is 0 Å². The number of rotatable bonds is 6. The first kappa shape index (κ1) is 20.7. The average molecular weight is 400 g/mol. The highest BCUT2D eigenvalue weighted by atomic mass is 35.5. The van der Waals surface area contributed by atoms with Gasteiger partial charge < -0.3 is 10.6 Å². The van der Waals surface area contributed by atoms with Crippen LogP contribution in [0.5, 0.6) is 0 Å². The van der Waals surface area contributed by atoms with Crippen molar-refractivity contribution < 1.29 is 22.8 Å². The fourth-order valence-corrected chi connectivity index (χ4v) is 2.38. The van der Waals surface area contributed by atoms with Crippen LogP contribution in [0, 0.1) is 0 Å². The lowest BCUT2D eigenvalue weighted by molar-refractivity contribution is -0.137. The van der Waals surface area contributed by atoms with Crippen LogP contribution < -0.4 is 10.6 Å². The molecular weight excluding hydrogens is 383 g/mol. The minimum atomic E-state index is -4.49. The van der Waals surface area contributed by atoms with E-state index in [4.69, 9.17) is 11.6 Å². The van der Waals surface area contributed by atoms with Crippen LogP contribution in [-0.4, -0.2) is 36.9 Å². The molecule has 0 unspecified atom stereocenters. The predicted octanol–water partition coefficient (Wildman–Crippen LogP) is 3.87. The van der Waals surface area contributed by atoms with E-state index < -0.39 is 17.6 Å². The standard InChI is InChI=1S/C18H17ClF3N3O2/c1-25(10-16(26)23-14-7-5-13(19)6-8-14)11-17(27)24-15-4-2-3-12(9-15)18(20,21)22/h2-9H,10-11H2,1H3,(H,23,26)(H,24,27). The van der Waals surface area contributed by atoms with Crippen molar-refractivity contribution in [3.63, 3.8) is 0 Å². The first-order valence-corrected chi connectivity index (χ1v) is 8.22. The van der Waals surface area contributed by atoms with E-state index in [1.54, 1.807) is 31.3 Å². The van der Waals surface area contributed by atoms with Crippen LogP contribution in [0.25, 0.3) is 0 Å². The highest BCUT2D eigenvalue weighted by molar-refractivity contribution is 6.30. The zero-order valence-electron chi connectivity index (χ0n) is 14.3. The third-order valence-corrected chi connectivity index (χ3v) is 3.68. The molecule has 2 rings (SSSR count). The SMILES string of the molecule is CN(CC(=O)Nc1ccc(Cl)cc1)CC(=O)Nc1cccc(C(F)(F)F)c1. The number of anilines is 2. The molecule has 0 fully saturated rings. The lowest BCUT2D eigenvalue weighted by Crippen LogP contribution is -2.36. The molecule has 2 amide bonds. The van der Waals surface area contributed by atoms with Crippen LogP contribution in [0.3, 0.4) is 0 Å². The number of halogens is 4. The first-order valence-electron chi connectivity index (χ1n) is 7.84. The molecule has 0 saturated heterocycles. The lowest BCUT2D eigenvalue weighted by Gasteiger charge is -2.16. The maximum absolute atomic E-state index is 12.7. The van der Waals surface area contributed by atoms with Crippen molar-refractivity contribution >= 4 is 34.8 Å². The predicted molar refractivity (Wildman–Crippen MR) is 97.7 cm³/mol. The fraction of sp³-hybridized carbons (Fsp3) is 0.222. The monoisotopic (exact) mass is 399 g/mol. The van der Waals surface area contributed by atoms with Crippen molar-refractivity contribution in [2.45, 2.75) is 6.18 Å². The summed E-state index contributed by atoms with van der Waals surface area (Å²) in [5.74, 6) is -0.872. The Morgan fingerprint density at radius 3 is 2.07 bits per heavy atom. The summed E-state index contributed by atoms with van der Waals surface area (Å²) >= 11 is 5.76. The van der Waals surface area contributed by atoms with Crippen molar-refractivity contribution in [1.82, 2.24) is 4.90 Å². The van der Waals surface area contributed by atoms with Crippen LogP contribution >= 0.6 is 11.6 Å². The number of benzene rings is 2. The fourth-order valence-electron chi connectivity index (χ4n) is 2.25. The molecule has 0 aliphatic heterocycles. The second-order valence-electron chi connectivity index (χ2n) is 5.85. The van der Waals surface area contributed by atoms with Gasteiger partial charge in [-0.3, -0.25) is 14.5 Å².